The van der Waals surface area contributed by atoms with Gasteiger partial charge in [0.15, 0.2) is 17.3 Å². The van der Waals surface area contributed by atoms with Crippen LogP contribution in [0.2, 0.25) is 0 Å². The van der Waals surface area contributed by atoms with Crippen molar-refractivity contribution in [3.8, 4) is 0 Å². The van der Waals surface area contributed by atoms with Crippen LogP contribution in [0.25, 0.3) is 26.1 Å². The molecule has 0 unspecified atom stereocenters. The van der Waals surface area contributed by atoms with Gasteiger partial charge in [0, 0.05) is 39.4 Å². The van der Waals surface area contributed by atoms with Gasteiger partial charge in [0.25, 0.3) is 5.91 Å². The molecule has 1 aromatic carbocycles. The summed E-state index contributed by atoms with van der Waals surface area (Å²) in [5.41, 5.74) is 1.28. The molecule has 6 rings (SSSR count). The summed E-state index contributed by atoms with van der Waals surface area (Å²) in [6.45, 7) is 3.05. The van der Waals surface area contributed by atoms with E-state index in [9.17, 15) is 9.59 Å². The van der Waals surface area contributed by atoms with Crippen molar-refractivity contribution in [3.63, 3.8) is 0 Å². The zero-order valence-corrected chi connectivity index (χ0v) is 20.7. The van der Waals surface area contributed by atoms with E-state index in [1.165, 1.54) is 17.4 Å². The van der Waals surface area contributed by atoms with Gasteiger partial charge in [-0.15, -0.1) is 11.3 Å². The molecule has 36 heavy (non-hydrogen) atoms. The van der Waals surface area contributed by atoms with Gasteiger partial charge in [-0.1, -0.05) is 12.1 Å². The van der Waals surface area contributed by atoms with E-state index in [1.54, 1.807) is 17.1 Å². The van der Waals surface area contributed by atoms with Crippen LogP contribution in [-0.2, 0) is 13.6 Å². The van der Waals surface area contributed by atoms with Crippen molar-refractivity contribution in [1.29, 1.82) is 0 Å². The second kappa shape index (κ2) is 8.68. The summed E-state index contributed by atoms with van der Waals surface area (Å²) < 4.78 is 19.8. The number of hydrogen-bond acceptors (Lipinski definition) is 7. The van der Waals surface area contributed by atoms with E-state index in [0.717, 1.165) is 23.3 Å². The zero-order valence-electron chi connectivity index (χ0n) is 19.9. The van der Waals surface area contributed by atoms with Crippen molar-refractivity contribution in [2.24, 2.45) is 7.05 Å². The number of fused-ring (bicyclic) bond motifs is 5. The van der Waals surface area contributed by atoms with Crippen LogP contribution < -0.4 is 15.6 Å². The Labute approximate surface area is 209 Å². The number of imidazole rings is 1. The quantitative estimate of drug-likeness (QED) is 0.404. The fourth-order valence-electron chi connectivity index (χ4n) is 4.66. The predicted octanol–water partition coefficient (Wildman–Crippen LogP) is 2.62. The summed E-state index contributed by atoms with van der Waals surface area (Å²) in [6, 6.07) is 8.88. The normalized spacial score (nSPS) is 14.8. The molecule has 184 valence electrons. The van der Waals surface area contributed by atoms with Crippen LogP contribution in [0.1, 0.15) is 16.1 Å². The molecular weight excluding hydrogens is 481 g/mol. The van der Waals surface area contributed by atoms with E-state index >= 15 is 4.39 Å². The Morgan fingerprint density at radius 3 is 2.69 bits per heavy atom. The zero-order chi connectivity index (χ0) is 25.0. The smallest absolute Gasteiger partial charge is 0.258 e. The van der Waals surface area contributed by atoms with Crippen molar-refractivity contribution in [1.82, 2.24) is 29.2 Å². The van der Waals surface area contributed by atoms with Crippen LogP contribution >= 0.6 is 11.3 Å². The van der Waals surface area contributed by atoms with Crippen molar-refractivity contribution >= 4 is 49.1 Å². The molecule has 4 aromatic heterocycles. The first-order chi connectivity index (χ1) is 17.4. The number of piperazine rings is 1. The molecule has 0 aliphatic carbocycles. The number of anilines is 1. The molecular formula is C25H24FN7O2S. The summed E-state index contributed by atoms with van der Waals surface area (Å²) >= 11 is 1.35. The van der Waals surface area contributed by atoms with Gasteiger partial charge < -0.3 is 19.7 Å². The lowest BCUT2D eigenvalue weighted by Crippen LogP contribution is -2.45. The number of carbonyl (C=O) groups excluding carboxylic acids is 1. The molecule has 5 aromatic rings. The highest BCUT2D eigenvalue weighted by molar-refractivity contribution is 7.24. The van der Waals surface area contributed by atoms with Crippen molar-refractivity contribution in [3.05, 3.63) is 70.2 Å². The minimum absolute atomic E-state index is 0.0202. The topological polar surface area (TPSA) is 87.8 Å². The Morgan fingerprint density at radius 2 is 1.94 bits per heavy atom. The number of nitrogens with zero attached hydrogens (tertiary/aromatic N) is 6. The standard InChI is InChI=1S/C25H24FN7O2S/c1-30-7-9-32(10-8-30)23-17(26)11-16-21(34)20(24(35)27-12-15-13-31(2)14-28-15)25-33(22(16)29-23)18-5-3-4-6-19(18)36-25/h3-6,11,13-14H,7-10,12H2,1-2H3,(H,27,35). The molecule has 1 aliphatic rings. The Bertz CT molecular complexity index is 1700. The molecule has 11 heteroatoms. The maximum absolute atomic E-state index is 15.4. The summed E-state index contributed by atoms with van der Waals surface area (Å²) in [5.74, 6) is -0.866. The first-order valence-electron chi connectivity index (χ1n) is 11.7. The molecule has 0 saturated carbocycles. The molecule has 1 aliphatic heterocycles. The molecule has 1 amide bonds. The number of aryl methyl sites for hydroxylation is 1. The SMILES string of the molecule is CN1CCN(c2nc3c(cc2F)c(=O)c(C(=O)NCc2cn(C)cn2)c2sc4ccccc4n23)CC1. The Balaban J connectivity index is 1.55. The maximum Gasteiger partial charge on any atom is 0.258 e. The first-order valence-corrected chi connectivity index (χ1v) is 12.5. The molecule has 1 saturated heterocycles. The number of aromatic nitrogens is 4. The number of para-hydroxylation sites is 1. The van der Waals surface area contributed by atoms with Crippen LogP contribution in [-0.4, -0.2) is 63.0 Å². The molecule has 9 nitrogen and oxygen atoms in total. The second-order valence-corrected chi connectivity index (χ2v) is 10.1. The Kier molecular flexibility index (Phi) is 5.45. The third-order valence-electron chi connectivity index (χ3n) is 6.57. The number of rotatable bonds is 4. The number of carbonyl (C=O) groups is 1. The van der Waals surface area contributed by atoms with Gasteiger partial charge >= 0.3 is 0 Å². The Hall–Kier alpha value is -3.83. The minimum Gasteiger partial charge on any atom is -0.352 e. The summed E-state index contributed by atoms with van der Waals surface area (Å²) in [7, 11) is 3.87. The minimum atomic E-state index is -0.566. The third kappa shape index (κ3) is 3.71. The monoisotopic (exact) mass is 505 g/mol. The van der Waals surface area contributed by atoms with Crippen molar-refractivity contribution in [2.75, 3.05) is 38.1 Å². The number of hydrogen-bond donors (Lipinski definition) is 1. The third-order valence-corrected chi connectivity index (χ3v) is 7.71. The number of likely N-dealkylation sites (N-methyl/N-ethyl adjacent to an activating group) is 1. The van der Waals surface area contributed by atoms with E-state index in [2.05, 4.69) is 20.2 Å². The van der Waals surface area contributed by atoms with Gasteiger partial charge in [0.1, 0.15) is 10.4 Å². The highest BCUT2D eigenvalue weighted by Gasteiger charge is 2.26. The van der Waals surface area contributed by atoms with Crippen LogP contribution in [0.4, 0.5) is 10.2 Å². The predicted molar refractivity (Wildman–Crippen MR) is 138 cm³/mol. The Morgan fingerprint density at radius 1 is 1.17 bits per heavy atom. The molecule has 1 N–H and O–H groups in total. The average molecular weight is 506 g/mol. The highest BCUT2D eigenvalue weighted by Crippen LogP contribution is 2.32. The number of thiazole rings is 1. The number of amides is 1. The summed E-state index contributed by atoms with van der Waals surface area (Å²) in [4.78, 5) is 40.5. The maximum atomic E-state index is 15.4. The van der Waals surface area contributed by atoms with Gasteiger partial charge in [-0.25, -0.2) is 14.4 Å². The number of benzene rings is 1. The van der Waals surface area contributed by atoms with Crippen LogP contribution in [0.15, 0.2) is 47.7 Å². The highest BCUT2D eigenvalue weighted by atomic mass is 32.1. The van der Waals surface area contributed by atoms with Crippen molar-refractivity contribution < 1.29 is 9.18 Å². The van der Waals surface area contributed by atoms with Crippen LogP contribution in [0.5, 0.6) is 0 Å². The van der Waals surface area contributed by atoms with Gasteiger partial charge in [-0.05, 0) is 25.2 Å². The van der Waals surface area contributed by atoms with E-state index < -0.39 is 17.2 Å². The lowest BCUT2D eigenvalue weighted by atomic mass is 10.1. The number of halogens is 1. The molecule has 0 spiro atoms. The van der Waals surface area contributed by atoms with E-state index in [-0.39, 0.29) is 23.3 Å². The van der Waals surface area contributed by atoms with Crippen LogP contribution in [0, 0.1) is 5.82 Å². The molecule has 0 radical (unpaired) electrons. The fourth-order valence-corrected chi connectivity index (χ4v) is 5.84. The summed E-state index contributed by atoms with van der Waals surface area (Å²) in [5, 5.41) is 2.88. The van der Waals surface area contributed by atoms with E-state index in [1.807, 2.05) is 47.7 Å². The lowest BCUT2D eigenvalue weighted by molar-refractivity contribution is 0.0951. The number of pyridine rings is 2. The van der Waals surface area contributed by atoms with Gasteiger partial charge in [0.2, 0.25) is 5.43 Å². The van der Waals surface area contributed by atoms with Crippen molar-refractivity contribution in [2.45, 2.75) is 6.54 Å². The summed E-state index contributed by atoms with van der Waals surface area (Å²) in [6.07, 6.45) is 3.44. The molecule has 0 atom stereocenters. The average Bonchev–Trinajstić information content (AvgIpc) is 3.46. The van der Waals surface area contributed by atoms with E-state index in [4.69, 9.17) is 0 Å². The molecule has 1 fully saturated rings. The van der Waals surface area contributed by atoms with Gasteiger partial charge in [-0.3, -0.25) is 14.0 Å². The van der Waals surface area contributed by atoms with Crippen LogP contribution in [0.3, 0.4) is 0 Å². The fraction of sp³-hybridized carbons (Fsp3) is 0.280. The first kappa shape index (κ1) is 22.6. The molecule has 5 heterocycles. The lowest BCUT2D eigenvalue weighted by Gasteiger charge is -2.33. The van der Waals surface area contributed by atoms with Gasteiger partial charge in [-0.2, -0.15) is 0 Å². The number of nitrogens with one attached hydrogen (secondary N) is 1. The molecule has 0 bridgehead atoms. The van der Waals surface area contributed by atoms with E-state index in [0.29, 0.717) is 29.3 Å². The van der Waals surface area contributed by atoms with Gasteiger partial charge in [0.05, 0.1) is 34.2 Å². The largest absolute Gasteiger partial charge is 0.352 e. The second-order valence-electron chi connectivity index (χ2n) is 9.08.